The van der Waals surface area contributed by atoms with Gasteiger partial charge in [0.05, 0.1) is 0 Å². The fourth-order valence-electron chi connectivity index (χ4n) is 3.04. The quantitative estimate of drug-likeness (QED) is 0.518. The van der Waals surface area contributed by atoms with E-state index in [-0.39, 0.29) is 18.2 Å². The summed E-state index contributed by atoms with van der Waals surface area (Å²) in [5.74, 6) is -0.241. The summed E-state index contributed by atoms with van der Waals surface area (Å²) >= 11 is 12.3. The Morgan fingerprint density at radius 3 is 2.55 bits per heavy atom. The number of nitrogens with one attached hydrogen (secondary N) is 1. The second-order valence-electron chi connectivity index (χ2n) is 7.06. The molecule has 1 unspecified atom stereocenters. The van der Waals surface area contributed by atoms with E-state index in [9.17, 15) is 9.59 Å². The van der Waals surface area contributed by atoms with Crippen molar-refractivity contribution >= 4 is 35.0 Å². The SMILES string of the molecule is CCCCNC(=O)C(C)N(Cc1cccc(Cl)c1)C(=O)CCc1ccccc1Cl. The van der Waals surface area contributed by atoms with Gasteiger partial charge in [0, 0.05) is 29.6 Å². The molecule has 0 saturated heterocycles. The van der Waals surface area contributed by atoms with Gasteiger partial charge in [0.2, 0.25) is 11.8 Å². The highest BCUT2D eigenvalue weighted by Crippen LogP contribution is 2.19. The van der Waals surface area contributed by atoms with Gasteiger partial charge in [-0.2, -0.15) is 0 Å². The number of aryl methyl sites for hydroxylation is 1. The number of benzene rings is 2. The number of halogens is 2. The molecular weight excluding hydrogens is 407 g/mol. The Labute approximate surface area is 183 Å². The molecule has 4 nitrogen and oxygen atoms in total. The van der Waals surface area contributed by atoms with Crippen molar-refractivity contribution in [2.75, 3.05) is 6.54 Å². The second kappa shape index (κ2) is 11.8. The first-order valence-corrected chi connectivity index (χ1v) is 10.7. The summed E-state index contributed by atoms with van der Waals surface area (Å²) in [5, 5.41) is 4.17. The number of amides is 2. The van der Waals surface area contributed by atoms with Gasteiger partial charge >= 0.3 is 0 Å². The van der Waals surface area contributed by atoms with Gasteiger partial charge in [-0.15, -0.1) is 0 Å². The molecule has 1 N–H and O–H groups in total. The first-order chi connectivity index (χ1) is 13.9. The van der Waals surface area contributed by atoms with Gasteiger partial charge in [0.25, 0.3) is 0 Å². The monoisotopic (exact) mass is 434 g/mol. The van der Waals surface area contributed by atoms with Crippen LogP contribution in [0.5, 0.6) is 0 Å². The number of carbonyl (C=O) groups is 2. The third-order valence-corrected chi connectivity index (χ3v) is 5.41. The Morgan fingerprint density at radius 1 is 1.10 bits per heavy atom. The van der Waals surface area contributed by atoms with Crippen molar-refractivity contribution < 1.29 is 9.59 Å². The lowest BCUT2D eigenvalue weighted by molar-refractivity contribution is -0.140. The number of hydrogen-bond donors (Lipinski definition) is 1. The molecule has 0 saturated carbocycles. The van der Waals surface area contributed by atoms with Crippen LogP contribution in [0.4, 0.5) is 0 Å². The van der Waals surface area contributed by atoms with Crippen LogP contribution in [0.25, 0.3) is 0 Å². The van der Waals surface area contributed by atoms with Crippen molar-refractivity contribution in [2.45, 2.75) is 52.1 Å². The van der Waals surface area contributed by atoms with Crippen LogP contribution in [0.15, 0.2) is 48.5 Å². The molecule has 0 fully saturated rings. The number of rotatable bonds is 10. The minimum absolute atomic E-state index is 0.0944. The van der Waals surface area contributed by atoms with Gasteiger partial charge in [-0.25, -0.2) is 0 Å². The highest BCUT2D eigenvalue weighted by atomic mass is 35.5. The molecule has 6 heteroatoms. The minimum Gasteiger partial charge on any atom is -0.354 e. The van der Waals surface area contributed by atoms with Crippen LogP contribution < -0.4 is 5.32 Å². The first-order valence-electron chi connectivity index (χ1n) is 9.97. The third-order valence-electron chi connectivity index (χ3n) is 4.80. The highest BCUT2D eigenvalue weighted by molar-refractivity contribution is 6.31. The number of hydrogen-bond acceptors (Lipinski definition) is 2. The van der Waals surface area contributed by atoms with Crippen LogP contribution in [0.2, 0.25) is 10.0 Å². The molecule has 2 aromatic carbocycles. The molecule has 0 aromatic heterocycles. The Balaban J connectivity index is 2.12. The molecule has 156 valence electrons. The largest absolute Gasteiger partial charge is 0.354 e. The van der Waals surface area contributed by atoms with Crippen molar-refractivity contribution in [1.29, 1.82) is 0 Å². The molecule has 0 aliphatic carbocycles. The molecule has 2 amide bonds. The summed E-state index contributed by atoms with van der Waals surface area (Å²) in [5.41, 5.74) is 1.81. The smallest absolute Gasteiger partial charge is 0.242 e. The molecule has 2 aromatic rings. The van der Waals surface area contributed by atoms with E-state index in [0.29, 0.717) is 29.6 Å². The average Bonchev–Trinajstić information content (AvgIpc) is 2.71. The molecule has 29 heavy (non-hydrogen) atoms. The first kappa shape index (κ1) is 23.2. The lowest BCUT2D eigenvalue weighted by atomic mass is 10.1. The zero-order chi connectivity index (χ0) is 21.2. The van der Waals surface area contributed by atoms with Gasteiger partial charge in [0.15, 0.2) is 0 Å². The standard InChI is InChI=1S/C23H28Cl2N2O2/c1-3-4-14-26-23(29)17(2)27(16-18-8-7-10-20(24)15-18)22(28)13-12-19-9-5-6-11-21(19)25/h5-11,15,17H,3-4,12-14,16H2,1-2H3,(H,26,29). The normalized spacial score (nSPS) is 11.7. The van der Waals surface area contributed by atoms with Crippen molar-refractivity contribution in [3.05, 3.63) is 69.7 Å². The van der Waals surface area contributed by atoms with Crippen LogP contribution >= 0.6 is 23.2 Å². The lowest BCUT2D eigenvalue weighted by Crippen LogP contribution is -2.47. The average molecular weight is 435 g/mol. The van der Waals surface area contributed by atoms with E-state index in [0.717, 1.165) is 24.0 Å². The summed E-state index contributed by atoms with van der Waals surface area (Å²) in [4.78, 5) is 27.3. The van der Waals surface area contributed by atoms with Gasteiger partial charge < -0.3 is 10.2 Å². The van der Waals surface area contributed by atoms with E-state index in [1.165, 1.54) is 0 Å². The zero-order valence-corrected chi connectivity index (χ0v) is 18.5. The maximum Gasteiger partial charge on any atom is 0.242 e. The predicted molar refractivity (Wildman–Crippen MR) is 119 cm³/mol. The van der Waals surface area contributed by atoms with Crippen LogP contribution in [0.1, 0.15) is 44.2 Å². The number of unbranched alkanes of at least 4 members (excludes halogenated alkanes) is 1. The highest BCUT2D eigenvalue weighted by Gasteiger charge is 2.26. The summed E-state index contributed by atoms with van der Waals surface area (Å²) in [6.07, 6.45) is 2.70. The Kier molecular flexibility index (Phi) is 9.49. The third kappa shape index (κ3) is 7.37. The van der Waals surface area contributed by atoms with Gasteiger partial charge in [-0.3, -0.25) is 9.59 Å². The molecule has 1 atom stereocenters. The summed E-state index contributed by atoms with van der Waals surface area (Å²) in [6, 6.07) is 14.3. The second-order valence-corrected chi connectivity index (χ2v) is 7.91. The van der Waals surface area contributed by atoms with Gasteiger partial charge in [0.1, 0.15) is 6.04 Å². The Bertz CT molecular complexity index is 826. The van der Waals surface area contributed by atoms with E-state index in [4.69, 9.17) is 23.2 Å². The predicted octanol–water partition coefficient (Wildman–Crippen LogP) is 5.26. The fourth-order valence-corrected chi connectivity index (χ4v) is 3.48. The van der Waals surface area contributed by atoms with Gasteiger partial charge in [-0.1, -0.05) is 66.9 Å². The van der Waals surface area contributed by atoms with Crippen molar-refractivity contribution in [2.24, 2.45) is 0 Å². The minimum atomic E-state index is -0.579. The molecule has 0 bridgehead atoms. The summed E-state index contributed by atoms with van der Waals surface area (Å²) in [7, 11) is 0. The number of carbonyl (C=O) groups excluding carboxylic acids is 2. The van der Waals surface area contributed by atoms with Crippen molar-refractivity contribution in [1.82, 2.24) is 10.2 Å². The topological polar surface area (TPSA) is 49.4 Å². The maximum atomic E-state index is 13.1. The zero-order valence-electron chi connectivity index (χ0n) is 17.0. The van der Waals surface area contributed by atoms with Crippen LogP contribution in [-0.2, 0) is 22.6 Å². The van der Waals surface area contributed by atoms with Crippen LogP contribution in [0.3, 0.4) is 0 Å². The fraction of sp³-hybridized carbons (Fsp3) is 0.391. The lowest BCUT2D eigenvalue weighted by Gasteiger charge is -2.29. The van der Waals surface area contributed by atoms with E-state index < -0.39 is 6.04 Å². The van der Waals surface area contributed by atoms with E-state index >= 15 is 0 Å². The van der Waals surface area contributed by atoms with Crippen LogP contribution in [0, 0.1) is 0 Å². The molecule has 0 radical (unpaired) electrons. The molecule has 0 spiro atoms. The Hall–Kier alpha value is -2.04. The number of nitrogens with zero attached hydrogens (tertiary/aromatic N) is 1. The maximum absolute atomic E-state index is 13.1. The molecule has 2 rings (SSSR count). The molecule has 0 aliphatic rings. The van der Waals surface area contributed by atoms with Crippen molar-refractivity contribution in [3.63, 3.8) is 0 Å². The van der Waals surface area contributed by atoms with Crippen molar-refractivity contribution in [3.8, 4) is 0 Å². The van der Waals surface area contributed by atoms with Crippen LogP contribution in [-0.4, -0.2) is 29.3 Å². The molecular formula is C23H28Cl2N2O2. The Morgan fingerprint density at radius 2 is 1.86 bits per heavy atom. The van der Waals surface area contributed by atoms with E-state index in [1.54, 1.807) is 17.9 Å². The summed E-state index contributed by atoms with van der Waals surface area (Å²) < 4.78 is 0. The van der Waals surface area contributed by atoms with E-state index in [2.05, 4.69) is 12.2 Å². The van der Waals surface area contributed by atoms with Gasteiger partial charge in [-0.05, 0) is 49.1 Å². The van der Waals surface area contributed by atoms with E-state index in [1.807, 2.05) is 42.5 Å². The molecule has 0 heterocycles. The molecule has 0 aliphatic heterocycles. The summed E-state index contributed by atoms with van der Waals surface area (Å²) in [6.45, 7) is 4.77.